The van der Waals surface area contributed by atoms with Crippen LogP contribution in [0.15, 0.2) is 28.1 Å². The molecule has 5 nitrogen and oxygen atoms in total. The molecule has 0 aromatic heterocycles. The van der Waals surface area contributed by atoms with Gasteiger partial charge in [-0.05, 0) is 30.5 Å². The summed E-state index contributed by atoms with van der Waals surface area (Å²) in [5, 5.41) is 0. The normalized spacial score (nSPS) is 15.8. The van der Waals surface area contributed by atoms with Crippen LogP contribution in [0.5, 0.6) is 0 Å². The lowest BCUT2D eigenvalue weighted by atomic mass is 10.1. The Balaban J connectivity index is 0.00000288. The van der Waals surface area contributed by atoms with Gasteiger partial charge < -0.3 is 10.6 Å². The summed E-state index contributed by atoms with van der Waals surface area (Å²) in [5.74, 6) is 0.258. The number of benzene rings is 1. The summed E-state index contributed by atoms with van der Waals surface area (Å²) in [6, 6.07) is 3.44. The van der Waals surface area contributed by atoms with Crippen LogP contribution in [-0.4, -0.2) is 38.6 Å². The summed E-state index contributed by atoms with van der Waals surface area (Å²) in [6.45, 7) is -0.0456. The Kier molecular flexibility index (Phi) is 6.53. The van der Waals surface area contributed by atoms with Gasteiger partial charge in [-0.1, -0.05) is 6.07 Å². The van der Waals surface area contributed by atoms with E-state index in [2.05, 4.69) is 4.99 Å². The molecule has 1 fully saturated rings. The number of hydrogen-bond acceptors (Lipinski definition) is 3. The van der Waals surface area contributed by atoms with Crippen molar-refractivity contribution in [1.82, 2.24) is 4.90 Å². The van der Waals surface area contributed by atoms with Crippen LogP contribution in [0.4, 0.5) is 13.2 Å². The molecule has 0 aliphatic heterocycles. The van der Waals surface area contributed by atoms with Crippen LogP contribution in [0.2, 0.25) is 0 Å². The molecule has 0 unspecified atom stereocenters. The quantitative estimate of drug-likeness (QED) is 0.411. The van der Waals surface area contributed by atoms with Crippen LogP contribution in [0.3, 0.4) is 0 Å². The number of alkyl halides is 3. The average Bonchev–Trinajstić information content (AvgIpc) is 3.26. The maximum absolute atomic E-state index is 13.1. The van der Waals surface area contributed by atoms with Crippen molar-refractivity contribution in [3.05, 3.63) is 29.3 Å². The molecule has 0 spiro atoms. The van der Waals surface area contributed by atoms with Crippen molar-refractivity contribution in [2.45, 2.75) is 36.5 Å². The number of hydrogen-bond donors (Lipinski definition) is 1. The van der Waals surface area contributed by atoms with Crippen LogP contribution >= 0.6 is 24.0 Å². The summed E-state index contributed by atoms with van der Waals surface area (Å²) in [6.07, 6.45) is -1.96. The Morgan fingerprint density at radius 2 is 1.96 bits per heavy atom. The minimum absolute atomic E-state index is 0. The first-order chi connectivity index (χ1) is 10.5. The average molecular weight is 477 g/mol. The number of sulfone groups is 1. The second-order valence-electron chi connectivity index (χ2n) is 5.62. The number of aliphatic imine (C=N–C) groups is 1. The summed E-state index contributed by atoms with van der Waals surface area (Å²) in [7, 11) is -2.19. The summed E-state index contributed by atoms with van der Waals surface area (Å²) in [4.78, 5) is 5.13. The molecule has 1 aliphatic rings. The Morgan fingerprint density at radius 3 is 2.42 bits per heavy atom. The van der Waals surface area contributed by atoms with Gasteiger partial charge in [-0.3, -0.25) is 0 Å². The first-order valence-corrected chi connectivity index (χ1v) is 8.82. The van der Waals surface area contributed by atoms with Crippen molar-refractivity contribution in [2.75, 3.05) is 13.3 Å². The molecule has 0 bridgehead atoms. The summed E-state index contributed by atoms with van der Waals surface area (Å²) >= 11 is 0. The van der Waals surface area contributed by atoms with Gasteiger partial charge in [-0.2, -0.15) is 13.2 Å². The van der Waals surface area contributed by atoms with E-state index >= 15 is 0 Å². The molecule has 0 saturated heterocycles. The van der Waals surface area contributed by atoms with Crippen LogP contribution in [0.1, 0.15) is 24.0 Å². The van der Waals surface area contributed by atoms with Gasteiger partial charge in [0.15, 0.2) is 15.8 Å². The van der Waals surface area contributed by atoms with Crippen molar-refractivity contribution in [2.24, 2.45) is 10.7 Å². The lowest BCUT2D eigenvalue weighted by molar-refractivity contribution is -0.139. The van der Waals surface area contributed by atoms with E-state index < -0.39 is 26.5 Å². The molecule has 0 amide bonds. The fourth-order valence-corrected chi connectivity index (χ4v) is 3.04. The molecule has 136 valence electrons. The van der Waals surface area contributed by atoms with Crippen molar-refractivity contribution in [1.29, 1.82) is 0 Å². The fourth-order valence-electron chi connectivity index (χ4n) is 2.15. The van der Waals surface area contributed by atoms with Crippen LogP contribution in [0.25, 0.3) is 0 Å². The standard InChI is InChI=1S/C14H18F3N3O2S.HI/c1-20(10-4-5-10)13(18)19-8-9-3-6-12(23(2,21)22)11(7-9)14(15,16)17;/h3,6-7,10H,4-5,8H2,1-2H3,(H2,18,19);1H. The molecule has 1 aliphatic carbocycles. The smallest absolute Gasteiger partial charge is 0.370 e. The van der Waals surface area contributed by atoms with Gasteiger partial charge in [-0.15, -0.1) is 24.0 Å². The highest BCUT2D eigenvalue weighted by atomic mass is 127. The number of halogens is 4. The van der Waals surface area contributed by atoms with E-state index in [1.54, 1.807) is 11.9 Å². The lowest BCUT2D eigenvalue weighted by Gasteiger charge is -2.17. The molecule has 2 N–H and O–H groups in total. The van der Waals surface area contributed by atoms with Gasteiger partial charge in [0.05, 0.1) is 17.0 Å². The topological polar surface area (TPSA) is 75.8 Å². The highest BCUT2D eigenvalue weighted by Crippen LogP contribution is 2.35. The number of nitrogens with two attached hydrogens (primary N) is 1. The lowest BCUT2D eigenvalue weighted by Crippen LogP contribution is -2.35. The first-order valence-electron chi connectivity index (χ1n) is 6.93. The van der Waals surface area contributed by atoms with Crippen LogP contribution in [0, 0.1) is 0 Å². The minimum Gasteiger partial charge on any atom is -0.370 e. The maximum atomic E-state index is 13.1. The zero-order valence-corrected chi connectivity index (χ0v) is 16.3. The molecular formula is C14H19F3IN3O2S. The monoisotopic (exact) mass is 477 g/mol. The molecule has 24 heavy (non-hydrogen) atoms. The predicted octanol–water partition coefficient (Wildman–Crippen LogP) is 2.64. The van der Waals surface area contributed by atoms with E-state index in [-0.39, 0.29) is 42.0 Å². The van der Waals surface area contributed by atoms with Crippen molar-refractivity contribution in [3.8, 4) is 0 Å². The van der Waals surface area contributed by atoms with E-state index in [9.17, 15) is 21.6 Å². The largest absolute Gasteiger partial charge is 0.417 e. The van der Waals surface area contributed by atoms with Gasteiger partial charge >= 0.3 is 6.18 Å². The van der Waals surface area contributed by atoms with E-state index in [1.165, 1.54) is 6.07 Å². The predicted molar refractivity (Wildman–Crippen MR) is 96.1 cm³/mol. The molecule has 0 atom stereocenters. The number of rotatable bonds is 4. The Morgan fingerprint density at radius 1 is 1.38 bits per heavy atom. The third kappa shape index (κ3) is 5.23. The third-order valence-corrected chi connectivity index (χ3v) is 4.78. The van der Waals surface area contributed by atoms with Crippen LogP contribution < -0.4 is 5.73 Å². The molecular weight excluding hydrogens is 458 g/mol. The fraction of sp³-hybridized carbons (Fsp3) is 0.500. The highest BCUT2D eigenvalue weighted by Gasteiger charge is 2.36. The SMILES string of the molecule is CN(C(N)=NCc1ccc(S(C)(=O)=O)c(C(F)(F)F)c1)C1CC1.I. The van der Waals surface area contributed by atoms with E-state index in [1.807, 2.05) is 0 Å². The van der Waals surface area contributed by atoms with Gasteiger partial charge in [0.25, 0.3) is 0 Å². The number of nitrogens with zero attached hydrogens (tertiary/aromatic N) is 2. The second-order valence-corrected chi connectivity index (χ2v) is 7.60. The third-order valence-electron chi connectivity index (χ3n) is 3.63. The molecule has 0 heterocycles. The van der Waals surface area contributed by atoms with Gasteiger partial charge in [0.2, 0.25) is 0 Å². The molecule has 1 aromatic carbocycles. The Hall–Kier alpha value is -1.04. The summed E-state index contributed by atoms with van der Waals surface area (Å²) in [5.41, 5.74) is 4.86. The Bertz CT molecular complexity index is 731. The van der Waals surface area contributed by atoms with Gasteiger partial charge in [-0.25, -0.2) is 13.4 Å². The maximum Gasteiger partial charge on any atom is 0.417 e. The van der Waals surface area contributed by atoms with Crippen molar-refractivity contribution >= 4 is 39.8 Å². The number of guanidine groups is 1. The van der Waals surface area contributed by atoms with E-state index in [4.69, 9.17) is 5.73 Å². The first kappa shape index (κ1) is 21.0. The van der Waals surface area contributed by atoms with Crippen molar-refractivity contribution in [3.63, 3.8) is 0 Å². The van der Waals surface area contributed by atoms with Crippen LogP contribution in [-0.2, 0) is 22.6 Å². The van der Waals surface area contributed by atoms with Crippen molar-refractivity contribution < 1.29 is 21.6 Å². The summed E-state index contributed by atoms with van der Waals surface area (Å²) < 4.78 is 62.2. The zero-order valence-electron chi connectivity index (χ0n) is 13.2. The molecule has 10 heteroatoms. The van der Waals surface area contributed by atoms with E-state index in [0.29, 0.717) is 6.04 Å². The minimum atomic E-state index is -4.76. The Labute approximate surface area is 156 Å². The molecule has 1 aromatic rings. The molecule has 2 rings (SSSR count). The van der Waals surface area contributed by atoms with Gasteiger partial charge in [0.1, 0.15) is 0 Å². The highest BCUT2D eigenvalue weighted by molar-refractivity contribution is 14.0. The second kappa shape index (κ2) is 7.46. The van der Waals surface area contributed by atoms with Gasteiger partial charge in [0, 0.05) is 19.3 Å². The molecule has 0 radical (unpaired) electrons. The molecule has 1 saturated carbocycles. The van der Waals surface area contributed by atoms with E-state index in [0.717, 1.165) is 31.2 Å². The zero-order chi connectivity index (χ0) is 17.4.